The zero-order valence-corrected chi connectivity index (χ0v) is 15.9. The number of hydrogen-bond acceptors (Lipinski definition) is 4. The van der Waals surface area contributed by atoms with Gasteiger partial charge in [-0.25, -0.2) is 0 Å². The Labute approximate surface area is 158 Å². The summed E-state index contributed by atoms with van der Waals surface area (Å²) in [6, 6.07) is 8.04. The molecule has 0 saturated heterocycles. The van der Waals surface area contributed by atoms with Gasteiger partial charge in [-0.05, 0) is 35.6 Å². The highest BCUT2D eigenvalue weighted by Gasteiger charge is 2.20. The number of pyridine rings is 1. The largest absolute Gasteiger partial charge is 0.356 e. The molecule has 1 aliphatic heterocycles. The number of nitrogens with one attached hydrogen (secondary N) is 2. The van der Waals surface area contributed by atoms with E-state index < -0.39 is 0 Å². The SMILES string of the molecule is CN=C(NCCC(=O)N1CCc2sccc2C1)NCCc1ccccn1. The van der Waals surface area contributed by atoms with Gasteiger partial charge in [0.1, 0.15) is 0 Å². The Balaban J connectivity index is 1.36. The first kappa shape index (κ1) is 18.4. The molecule has 1 aliphatic rings. The van der Waals surface area contributed by atoms with Gasteiger partial charge in [-0.3, -0.25) is 14.8 Å². The predicted molar refractivity (Wildman–Crippen MR) is 105 cm³/mol. The molecule has 7 heteroatoms. The van der Waals surface area contributed by atoms with Crippen LogP contribution in [-0.4, -0.2) is 48.4 Å². The van der Waals surface area contributed by atoms with Crippen molar-refractivity contribution in [2.45, 2.75) is 25.8 Å². The second-order valence-corrected chi connectivity index (χ2v) is 7.18. The Hall–Kier alpha value is -2.41. The molecule has 0 spiro atoms. The number of aromatic nitrogens is 1. The van der Waals surface area contributed by atoms with Gasteiger partial charge in [-0.2, -0.15) is 0 Å². The minimum atomic E-state index is 0.193. The average Bonchev–Trinajstić information content (AvgIpc) is 3.15. The second kappa shape index (κ2) is 9.33. The summed E-state index contributed by atoms with van der Waals surface area (Å²) in [5.74, 6) is 0.908. The van der Waals surface area contributed by atoms with Crippen LogP contribution in [-0.2, 0) is 24.2 Å². The van der Waals surface area contributed by atoms with Gasteiger partial charge >= 0.3 is 0 Å². The lowest BCUT2D eigenvalue weighted by atomic mass is 10.1. The van der Waals surface area contributed by atoms with Crippen LogP contribution in [0.15, 0.2) is 40.8 Å². The van der Waals surface area contributed by atoms with Crippen LogP contribution in [0, 0.1) is 0 Å². The van der Waals surface area contributed by atoms with Gasteiger partial charge in [0.05, 0.1) is 0 Å². The third-order valence-corrected chi connectivity index (χ3v) is 5.44. The highest BCUT2D eigenvalue weighted by molar-refractivity contribution is 7.10. The van der Waals surface area contributed by atoms with E-state index in [-0.39, 0.29) is 5.91 Å². The second-order valence-electron chi connectivity index (χ2n) is 6.18. The van der Waals surface area contributed by atoms with E-state index >= 15 is 0 Å². The molecule has 138 valence electrons. The Morgan fingerprint density at radius 1 is 1.31 bits per heavy atom. The Bertz CT molecular complexity index is 743. The minimum Gasteiger partial charge on any atom is -0.356 e. The molecule has 0 saturated carbocycles. The molecule has 0 bridgehead atoms. The van der Waals surface area contributed by atoms with Crippen LogP contribution >= 0.6 is 11.3 Å². The van der Waals surface area contributed by atoms with Crippen LogP contribution in [0.25, 0.3) is 0 Å². The monoisotopic (exact) mass is 371 g/mol. The van der Waals surface area contributed by atoms with Gasteiger partial charge < -0.3 is 15.5 Å². The van der Waals surface area contributed by atoms with Crippen molar-refractivity contribution in [3.63, 3.8) is 0 Å². The topological polar surface area (TPSA) is 69.6 Å². The molecule has 2 N–H and O–H groups in total. The first-order chi connectivity index (χ1) is 12.8. The lowest BCUT2D eigenvalue weighted by Crippen LogP contribution is -2.41. The van der Waals surface area contributed by atoms with Crippen molar-refractivity contribution in [3.05, 3.63) is 52.0 Å². The van der Waals surface area contributed by atoms with Gasteiger partial charge in [0.2, 0.25) is 5.91 Å². The van der Waals surface area contributed by atoms with Crippen LogP contribution in [0.1, 0.15) is 22.6 Å². The molecule has 1 amide bonds. The van der Waals surface area contributed by atoms with Gasteiger partial charge in [0.15, 0.2) is 5.96 Å². The summed E-state index contributed by atoms with van der Waals surface area (Å²) in [7, 11) is 1.74. The molecule has 26 heavy (non-hydrogen) atoms. The summed E-state index contributed by atoms with van der Waals surface area (Å²) >= 11 is 1.79. The summed E-state index contributed by atoms with van der Waals surface area (Å²) in [5, 5.41) is 8.58. The van der Waals surface area contributed by atoms with Crippen molar-refractivity contribution in [1.82, 2.24) is 20.5 Å². The van der Waals surface area contributed by atoms with Crippen LogP contribution in [0.4, 0.5) is 0 Å². The van der Waals surface area contributed by atoms with E-state index in [4.69, 9.17) is 0 Å². The van der Waals surface area contributed by atoms with Crippen molar-refractivity contribution >= 4 is 23.2 Å². The third-order valence-electron chi connectivity index (χ3n) is 4.42. The van der Waals surface area contributed by atoms with Crippen LogP contribution in [0.3, 0.4) is 0 Å². The molecule has 0 atom stereocenters. The van der Waals surface area contributed by atoms with Crippen LogP contribution in [0.5, 0.6) is 0 Å². The van der Waals surface area contributed by atoms with Gasteiger partial charge in [0.25, 0.3) is 0 Å². The van der Waals surface area contributed by atoms with Crippen molar-refractivity contribution in [2.24, 2.45) is 4.99 Å². The molecule has 0 aliphatic carbocycles. The molecular formula is C19H25N5OS. The number of nitrogens with zero attached hydrogens (tertiary/aromatic N) is 3. The molecule has 6 nitrogen and oxygen atoms in total. The fourth-order valence-corrected chi connectivity index (χ4v) is 3.87. The zero-order valence-electron chi connectivity index (χ0n) is 15.1. The van der Waals surface area contributed by atoms with E-state index in [9.17, 15) is 4.79 Å². The Morgan fingerprint density at radius 3 is 3.00 bits per heavy atom. The normalized spacial score (nSPS) is 14.0. The number of rotatable bonds is 6. The van der Waals surface area contributed by atoms with E-state index in [1.54, 1.807) is 24.6 Å². The molecule has 0 fully saturated rings. The fourth-order valence-electron chi connectivity index (χ4n) is 2.98. The minimum absolute atomic E-state index is 0.193. The van der Waals surface area contributed by atoms with Crippen molar-refractivity contribution < 1.29 is 4.79 Å². The van der Waals surface area contributed by atoms with E-state index in [0.717, 1.165) is 38.2 Å². The number of hydrogen-bond donors (Lipinski definition) is 2. The van der Waals surface area contributed by atoms with Crippen molar-refractivity contribution in [3.8, 4) is 0 Å². The number of guanidine groups is 1. The fraction of sp³-hybridized carbons (Fsp3) is 0.421. The standard InChI is InChI=1S/C19H25N5OS/c1-20-19(22-10-5-16-4-2-3-9-21-16)23-11-6-18(25)24-12-7-17-15(14-24)8-13-26-17/h2-4,8-9,13H,5-7,10-12,14H2,1H3,(H2,20,22,23). The van der Waals surface area contributed by atoms with E-state index in [1.165, 1.54) is 10.4 Å². The van der Waals surface area contributed by atoms with Gasteiger partial charge in [-0.15, -0.1) is 11.3 Å². The maximum Gasteiger partial charge on any atom is 0.224 e. The van der Waals surface area contributed by atoms with Gasteiger partial charge in [0, 0.05) is 62.8 Å². The van der Waals surface area contributed by atoms with Crippen LogP contribution in [0.2, 0.25) is 0 Å². The first-order valence-electron chi connectivity index (χ1n) is 8.93. The molecule has 3 heterocycles. The zero-order chi connectivity index (χ0) is 18.2. The quantitative estimate of drug-likeness (QED) is 0.600. The van der Waals surface area contributed by atoms with E-state index in [2.05, 4.69) is 32.1 Å². The highest BCUT2D eigenvalue weighted by Crippen LogP contribution is 2.24. The lowest BCUT2D eigenvalue weighted by molar-refractivity contribution is -0.131. The highest BCUT2D eigenvalue weighted by atomic mass is 32.1. The number of amides is 1. The Kier molecular flexibility index (Phi) is 6.60. The summed E-state index contributed by atoms with van der Waals surface area (Å²) in [5.41, 5.74) is 2.35. The summed E-state index contributed by atoms with van der Waals surface area (Å²) < 4.78 is 0. The smallest absolute Gasteiger partial charge is 0.224 e. The predicted octanol–water partition coefficient (Wildman–Crippen LogP) is 1.83. The number of carbonyl (C=O) groups excluding carboxylic acids is 1. The maximum absolute atomic E-state index is 12.4. The van der Waals surface area contributed by atoms with Crippen LogP contribution < -0.4 is 10.6 Å². The lowest BCUT2D eigenvalue weighted by Gasteiger charge is -2.27. The maximum atomic E-state index is 12.4. The molecule has 0 aromatic carbocycles. The summed E-state index contributed by atoms with van der Waals surface area (Å²) in [6.45, 7) is 2.89. The molecular weight excluding hydrogens is 346 g/mol. The summed E-state index contributed by atoms with van der Waals surface area (Å²) in [4.78, 5) is 24.3. The third kappa shape index (κ3) is 5.05. The number of carbonyl (C=O) groups is 1. The van der Waals surface area contributed by atoms with Gasteiger partial charge in [-0.1, -0.05) is 6.07 Å². The first-order valence-corrected chi connectivity index (χ1v) is 9.81. The molecule has 3 rings (SSSR count). The Morgan fingerprint density at radius 2 is 2.19 bits per heavy atom. The number of fused-ring (bicyclic) bond motifs is 1. The molecule has 0 unspecified atom stereocenters. The molecule has 0 radical (unpaired) electrons. The average molecular weight is 372 g/mol. The number of aliphatic imine (C=N–C) groups is 1. The molecule has 2 aromatic heterocycles. The number of thiophene rings is 1. The van der Waals surface area contributed by atoms with E-state index in [0.29, 0.717) is 18.9 Å². The summed E-state index contributed by atoms with van der Waals surface area (Å²) in [6.07, 6.45) is 4.08. The van der Waals surface area contributed by atoms with Crippen molar-refractivity contribution in [1.29, 1.82) is 0 Å². The van der Waals surface area contributed by atoms with E-state index in [1.807, 2.05) is 23.1 Å². The van der Waals surface area contributed by atoms with Crippen molar-refractivity contribution in [2.75, 3.05) is 26.7 Å². The molecule has 2 aromatic rings.